The summed E-state index contributed by atoms with van der Waals surface area (Å²) in [5.41, 5.74) is 2.01. The molecule has 0 radical (unpaired) electrons. The van der Waals surface area contributed by atoms with Gasteiger partial charge < -0.3 is 10.3 Å². The highest BCUT2D eigenvalue weighted by Crippen LogP contribution is 2.22. The maximum Gasteiger partial charge on any atom is 0.262 e. The fourth-order valence-electron chi connectivity index (χ4n) is 3.09. The Labute approximate surface area is 177 Å². The molecule has 4 aromatic rings. The molecule has 4 rings (SSSR count). The van der Waals surface area contributed by atoms with Gasteiger partial charge in [-0.2, -0.15) is 5.10 Å². The van der Waals surface area contributed by atoms with Crippen LogP contribution in [0.1, 0.15) is 25.5 Å². The molecule has 1 amide bonds. The van der Waals surface area contributed by atoms with Crippen molar-refractivity contribution < 1.29 is 4.79 Å². The fraction of sp³-hybridized carbons (Fsp3) is 0.182. The smallest absolute Gasteiger partial charge is 0.262 e. The number of carbonyl (C=O) groups is 1. The lowest BCUT2D eigenvalue weighted by Crippen LogP contribution is -2.33. The number of amides is 1. The zero-order chi connectivity index (χ0) is 21.1. The third-order valence-electron chi connectivity index (χ3n) is 4.73. The summed E-state index contributed by atoms with van der Waals surface area (Å²) >= 11 is 1.21. The van der Waals surface area contributed by atoms with Crippen LogP contribution in [0, 0.1) is 0 Å². The monoisotopic (exact) mass is 419 g/mol. The van der Waals surface area contributed by atoms with Gasteiger partial charge in [-0.15, -0.1) is 0 Å². The number of nitrogens with one attached hydrogen (secondary N) is 2. The van der Waals surface area contributed by atoms with Crippen LogP contribution in [-0.4, -0.2) is 30.9 Å². The Balaban J connectivity index is 1.54. The molecule has 0 unspecified atom stereocenters. The molecular weight excluding hydrogens is 398 g/mol. The highest BCUT2D eigenvalue weighted by atomic mass is 32.2. The lowest BCUT2D eigenvalue weighted by molar-refractivity contribution is -0.120. The van der Waals surface area contributed by atoms with Gasteiger partial charge in [0.05, 0.1) is 23.2 Å². The lowest BCUT2D eigenvalue weighted by Gasteiger charge is -2.17. The molecule has 8 heteroatoms. The van der Waals surface area contributed by atoms with Crippen LogP contribution in [0.5, 0.6) is 0 Å². The molecule has 0 bridgehead atoms. The number of nitrogens with zero attached hydrogens (tertiary/aromatic N) is 3. The first-order chi connectivity index (χ1) is 14.5. The van der Waals surface area contributed by atoms with Gasteiger partial charge >= 0.3 is 0 Å². The molecule has 0 saturated carbocycles. The van der Waals surface area contributed by atoms with E-state index >= 15 is 0 Å². The van der Waals surface area contributed by atoms with Gasteiger partial charge in [0.2, 0.25) is 5.91 Å². The molecule has 0 spiro atoms. The second kappa shape index (κ2) is 8.54. The lowest BCUT2D eigenvalue weighted by atomic mass is 10.1. The van der Waals surface area contributed by atoms with Gasteiger partial charge in [-0.25, -0.2) is 9.67 Å². The third-order valence-corrected chi connectivity index (χ3v) is 5.72. The molecule has 30 heavy (non-hydrogen) atoms. The first-order valence-corrected chi connectivity index (χ1v) is 10.5. The molecule has 0 aliphatic carbocycles. The standard InChI is InChI=1S/C22H21N5O2S/c1-14(16-9-5-3-6-10-16)24-20(28)15(2)30-22-25-19-18(21(29)26-22)13-23-27(19)17-11-7-4-8-12-17/h3-15H,1-2H3,(H,24,28)(H,25,26,29)/t14-,15-/m1/s1. The summed E-state index contributed by atoms with van der Waals surface area (Å²) in [6, 6.07) is 19.1. The van der Waals surface area contributed by atoms with E-state index in [1.807, 2.05) is 67.6 Å². The van der Waals surface area contributed by atoms with E-state index in [4.69, 9.17) is 0 Å². The zero-order valence-corrected chi connectivity index (χ0v) is 17.4. The third kappa shape index (κ3) is 4.13. The number of aromatic amines is 1. The Hall–Kier alpha value is -3.39. The molecule has 0 aliphatic rings. The molecule has 152 valence electrons. The maximum atomic E-state index is 12.6. The molecule has 7 nitrogen and oxygen atoms in total. The Morgan fingerprint density at radius 2 is 1.73 bits per heavy atom. The normalized spacial score (nSPS) is 13.1. The Kier molecular flexibility index (Phi) is 5.67. The van der Waals surface area contributed by atoms with Crippen LogP contribution >= 0.6 is 11.8 Å². The number of rotatable bonds is 6. The molecule has 0 aliphatic heterocycles. The molecule has 2 atom stereocenters. The molecule has 0 saturated heterocycles. The van der Waals surface area contributed by atoms with Gasteiger partial charge in [0.1, 0.15) is 5.39 Å². The van der Waals surface area contributed by atoms with E-state index in [2.05, 4.69) is 20.4 Å². The van der Waals surface area contributed by atoms with E-state index < -0.39 is 5.25 Å². The highest BCUT2D eigenvalue weighted by Gasteiger charge is 2.20. The van der Waals surface area contributed by atoms with Gasteiger partial charge in [0.15, 0.2) is 10.8 Å². The largest absolute Gasteiger partial charge is 0.349 e. The summed E-state index contributed by atoms with van der Waals surface area (Å²) in [6.07, 6.45) is 1.50. The van der Waals surface area contributed by atoms with Crippen LogP contribution in [0.25, 0.3) is 16.7 Å². The van der Waals surface area contributed by atoms with Gasteiger partial charge in [0, 0.05) is 0 Å². The Morgan fingerprint density at radius 1 is 1.07 bits per heavy atom. The van der Waals surface area contributed by atoms with E-state index in [1.54, 1.807) is 11.6 Å². The van der Waals surface area contributed by atoms with Crippen molar-refractivity contribution >= 4 is 28.7 Å². The van der Waals surface area contributed by atoms with Crippen LogP contribution in [0.2, 0.25) is 0 Å². The highest BCUT2D eigenvalue weighted by molar-refractivity contribution is 8.00. The van der Waals surface area contributed by atoms with Gasteiger partial charge in [-0.05, 0) is 31.5 Å². The second-order valence-corrected chi connectivity index (χ2v) is 8.23. The van der Waals surface area contributed by atoms with Gasteiger partial charge in [-0.1, -0.05) is 60.3 Å². The average Bonchev–Trinajstić information content (AvgIpc) is 3.19. The quantitative estimate of drug-likeness (QED) is 0.369. The second-order valence-electron chi connectivity index (χ2n) is 6.90. The summed E-state index contributed by atoms with van der Waals surface area (Å²) < 4.78 is 1.62. The molecule has 0 fully saturated rings. The summed E-state index contributed by atoms with van der Waals surface area (Å²) in [5.74, 6) is -0.129. The predicted octanol–water partition coefficient (Wildman–Crippen LogP) is 3.47. The first kappa shape index (κ1) is 19.9. The van der Waals surface area contributed by atoms with Crippen LogP contribution < -0.4 is 10.9 Å². The number of thioether (sulfide) groups is 1. The van der Waals surface area contributed by atoms with Crippen molar-refractivity contribution in [2.75, 3.05) is 0 Å². The van der Waals surface area contributed by atoms with E-state index in [0.29, 0.717) is 16.2 Å². The summed E-state index contributed by atoms with van der Waals surface area (Å²) in [7, 11) is 0. The van der Waals surface area contributed by atoms with Crippen molar-refractivity contribution in [2.45, 2.75) is 30.3 Å². The van der Waals surface area contributed by atoms with Crippen LogP contribution in [0.3, 0.4) is 0 Å². The van der Waals surface area contributed by atoms with E-state index in [1.165, 1.54) is 18.0 Å². The Bertz CT molecular complexity index is 1220. The van der Waals surface area contributed by atoms with Crippen molar-refractivity contribution in [3.8, 4) is 5.69 Å². The van der Waals surface area contributed by atoms with Crippen molar-refractivity contribution in [3.05, 3.63) is 82.8 Å². The Morgan fingerprint density at radius 3 is 2.43 bits per heavy atom. The number of carbonyl (C=O) groups excluding carboxylic acids is 1. The maximum absolute atomic E-state index is 12.6. The molecule has 2 aromatic carbocycles. The van der Waals surface area contributed by atoms with Crippen molar-refractivity contribution in [2.24, 2.45) is 0 Å². The van der Waals surface area contributed by atoms with Crippen LogP contribution in [-0.2, 0) is 4.79 Å². The minimum Gasteiger partial charge on any atom is -0.349 e. The van der Waals surface area contributed by atoms with Crippen molar-refractivity contribution in [1.29, 1.82) is 0 Å². The van der Waals surface area contributed by atoms with Gasteiger partial charge in [-0.3, -0.25) is 9.59 Å². The number of hydrogen-bond acceptors (Lipinski definition) is 5. The van der Waals surface area contributed by atoms with E-state index in [-0.39, 0.29) is 17.5 Å². The number of para-hydroxylation sites is 1. The first-order valence-electron chi connectivity index (χ1n) is 9.58. The topological polar surface area (TPSA) is 92.7 Å². The van der Waals surface area contributed by atoms with Crippen LogP contribution in [0.15, 0.2) is 76.8 Å². The van der Waals surface area contributed by atoms with Gasteiger partial charge in [0.25, 0.3) is 5.56 Å². The number of fused-ring (bicyclic) bond motifs is 1. The SMILES string of the molecule is C[C@@H](Sc1nc2c(cnn2-c2ccccc2)c(=O)[nH]1)C(=O)N[C@H](C)c1ccccc1. The summed E-state index contributed by atoms with van der Waals surface area (Å²) in [6.45, 7) is 3.73. The summed E-state index contributed by atoms with van der Waals surface area (Å²) in [5, 5.41) is 7.64. The molecular formula is C22H21N5O2S. The van der Waals surface area contributed by atoms with Crippen molar-refractivity contribution in [3.63, 3.8) is 0 Å². The predicted molar refractivity (Wildman–Crippen MR) is 118 cm³/mol. The molecule has 2 aromatic heterocycles. The number of benzene rings is 2. The van der Waals surface area contributed by atoms with Crippen molar-refractivity contribution in [1.82, 2.24) is 25.1 Å². The minimum absolute atomic E-state index is 0.115. The molecule has 2 heterocycles. The zero-order valence-electron chi connectivity index (χ0n) is 16.6. The number of H-pyrrole nitrogens is 1. The number of aromatic nitrogens is 4. The average molecular weight is 420 g/mol. The van der Waals surface area contributed by atoms with E-state index in [0.717, 1.165) is 11.3 Å². The fourth-order valence-corrected chi connectivity index (χ4v) is 3.89. The van der Waals surface area contributed by atoms with Crippen LogP contribution in [0.4, 0.5) is 0 Å². The summed E-state index contributed by atoms with van der Waals surface area (Å²) in [4.78, 5) is 32.5. The minimum atomic E-state index is -0.440. The van der Waals surface area contributed by atoms with E-state index in [9.17, 15) is 9.59 Å². The molecule has 2 N–H and O–H groups in total. The number of hydrogen-bond donors (Lipinski definition) is 2.